The summed E-state index contributed by atoms with van der Waals surface area (Å²) in [6.07, 6.45) is 5.22. The molecule has 0 aliphatic heterocycles. The molecule has 0 aliphatic carbocycles. The standard InChI is InChI=1S/C20H17N3O2S/c1-3-25-18-6-4-5-15(19(18)24-2)11-16(12-21)20-23-17(13-26-20)14-7-9-22-10-8-14/h4-11,13H,3H2,1-2H3/b16-11-. The monoisotopic (exact) mass is 363 g/mol. The number of pyridine rings is 1. The fourth-order valence-corrected chi connectivity index (χ4v) is 3.28. The lowest BCUT2D eigenvalue weighted by Crippen LogP contribution is -1.97. The quantitative estimate of drug-likeness (QED) is 0.595. The van der Waals surface area contributed by atoms with Crippen molar-refractivity contribution in [1.29, 1.82) is 5.26 Å². The molecule has 0 unspecified atom stereocenters. The van der Waals surface area contributed by atoms with Gasteiger partial charge in [-0.2, -0.15) is 5.26 Å². The van der Waals surface area contributed by atoms with Gasteiger partial charge in [0.2, 0.25) is 0 Å². The SMILES string of the molecule is CCOc1cccc(/C=C(/C#N)c2nc(-c3ccncc3)cs2)c1OC. The molecular weight excluding hydrogens is 346 g/mol. The number of rotatable bonds is 6. The fourth-order valence-electron chi connectivity index (χ4n) is 2.48. The fraction of sp³-hybridized carbons (Fsp3) is 0.150. The van der Waals surface area contributed by atoms with Crippen LogP contribution in [0, 0.1) is 11.3 Å². The number of benzene rings is 1. The van der Waals surface area contributed by atoms with Crippen LogP contribution in [0.3, 0.4) is 0 Å². The van der Waals surface area contributed by atoms with E-state index in [1.54, 1.807) is 25.6 Å². The normalized spacial score (nSPS) is 11.0. The first-order valence-electron chi connectivity index (χ1n) is 8.04. The van der Waals surface area contributed by atoms with Crippen molar-refractivity contribution in [3.05, 3.63) is 58.7 Å². The Kier molecular flexibility index (Phi) is 5.62. The molecule has 130 valence electrons. The molecule has 5 nitrogen and oxygen atoms in total. The number of ether oxygens (including phenoxy) is 2. The maximum absolute atomic E-state index is 9.62. The third-order valence-electron chi connectivity index (χ3n) is 3.64. The van der Waals surface area contributed by atoms with Crippen LogP contribution in [-0.2, 0) is 0 Å². The topological polar surface area (TPSA) is 68.0 Å². The van der Waals surface area contributed by atoms with Gasteiger partial charge in [0.15, 0.2) is 11.5 Å². The van der Waals surface area contributed by atoms with Crippen LogP contribution in [0.1, 0.15) is 17.5 Å². The maximum Gasteiger partial charge on any atom is 0.167 e. The van der Waals surface area contributed by atoms with Crippen molar-refractivity contribution in [3.8, 4) is 28.8 Å². The second kappa shape index (κ2) is 8.28. The van der Waals surface area contributed by atoms with Gasteiger partial charge in [-0.3, -0.25) is 4.98 Å². The van der Waals surface area contributed by atoms with E-state index in [-0.39, 0.29) is 0 Å². The van der Waals surface area contributed by atoms with E-state index in [4.69, 9.17) is 9.47 Å². The number of methoxy groups -OCH3 is 1. The zero-order chi connectivity index (χ0) is 18.4. The molecule has 0 fully saturated rings. The Balaban J connectivity index is 1.99. The minimum Gasteiger partial charge on any atom is -0.492 e. The smallest absolute Gasteiger partial charge is 0.167 e. The zero-order valence-corrected chi connectivity index (χ0v) is 15.3. The number of para-hydroxylation sites is 1. The molecule has 0 radical (unpaired) electrons. The lowest BCUT2D eigenvalue weighted by atomic mass is 10.1. The minimum absolute atomic E-state index is 0.474. The Morgan fingerprint density at radius 3 is 2.77 bits per heavy atom. The first kappa shape index (κ1) is 17.6. The van der Waals surface area contributed by atoms with Crippen LogP contribution in [0.5, 0.6) is 11.5 Å². The number of nitriles is 1. The van der Waals surface area contributed by atoms with E-state index in [1.165, 1.54) is 11.3 Å². The molecule has 0 bridgehead atoms. The first-order chi connectivity index (χ1) is 12.8. The van der Waals surface area contributed by atoms with E-state index in [2.05, 4.69) is 16.0 Å². The molecule has 0 spiro atoms. The highest BCUT2D eigenvalue weighted by Crippen LogP contribution is 2.34. The largest absolute Gasteiger partial charge is 0.492 e. The summed E-state index contributed by atoms with van der Waals surface area (Å²) in [4.78, 5) is 8.60. The van der Waals surface area contributed by atoms with E-state index < -0.39 is 0 Å². The number of nitrogens with zero attached hydrogens (tertiary/aromatic N) is 3. The predicted octanol–water partition coefficient (Wildman–Crippen LogP) is 4.68. The van der Waals surface area contributed by atoms with Gasteiger partial charge >= 0.3 is 0 Å². The summed E-state index contributed by atoms with van der Waals surface area (Å²) >= 11 is 1.43. The molecule has 0 aliphatic rings. The lowest BCUT2D eigenvalue weighted by molar-refractivity contribution is 0.310. The van der Waals surface area contributed by atoms with Crippen molar-refractivity contribution >= 4 is 23.0 Å². The Hall–Kier alpha value is -3.17. The van der Waals surface area contributed by atoms with Crippen LogP contribution in [-0.4, -0.2) is 23.7 Å². The summed E-state index contributed by atoms with van der Waals surface area (Å²) < 4.78 is 11.1. The van der Waals surface area contributed by atoms with E-state index in [1.807, 2.05) is 42.6 Å². The van der Waals surface area contributed by atoms with Gasteiger partial charge in [0.1, 0.15) is 11.1 Å². The molecule has 26 heavy (non-hydrogen) atoms. The van der Waals surface area contributed by atoms with Gasteiger partial charge in [-0.15, -0.1) is 11.3 Å². The van der Waals surface area contributed by atoms with Gasteiger partial charge in [-0.25, -0.2) is 4.98 Å². The maximum atomic E-state index is 9.62. The predicted molar refractivity (Wildman–Crippen MR) is 103 cm³/mol. The highest BCUT2D eigenvalue weighted by atomic mass is 32.1. The molecule has 0 saturated carbocycles. The molecular formula is C20H17N3O2S. The van der Waals surface area contributed by atoms with Gasteiger partial charge in [0.25, 0.3) is 0 Å². The van der Waals surface area contributed by atoms with Crippen LogP contribution >= 0.6 is 11.3 Å². The highest BCUT2D eigenvalue weighted by molar-refractivity contribution is 7.11. The Morgan fingerprint density at radius 2 is 2.08 bits per heavy atom. The van der Waals surface area contributed by atoms with Crippen molar-refractivity contribution < 1.29 is 9.47 Å². The molecule has 2 aromatic heterocycles. The van der Waals surface area contributed by atoms with Crippen molar-refractivity contribution in [1.82, 2.24) is 9.97 Å². The molecule has 2 heterocycles. The molecule has 3 rings (SSSR count). The molecule has 6 heteroatoms. The van der Waals surface area contributed by atoms with Crippen LogP contribution in [0.4, 0.5) is 0 Å². The average Bonchev–Trinajstić information content (AvgIpc) is 3.17. The van der Waals surface area contributed by atoms with Crippen molar-refractivity contribution in [2.45, 2.75) is 6.92 Å². The summed E-state index contributed by atoms with van der Waals surface area (Å²) in [5, 5.41) is 12.2. The van der Waals surface area contributed by atoms with Crippen molar-refractivity contribution in [2.24, 2.45) is 0 Å². The van der Waals surface area contributed by atoms with Gasteiger partial charge in [0, 0.05) is 28.9 Å². The van der Waals surface area contributed by atoms with Gasteiger partial charge in [-0.1, -0.05) is 12.1 Å². The Bertz CT molecular complexity index is 959. The Morgan fingerprint density at radius 1 is 1.27 bits per heavy atom. The number of aromatic nitrogens is 2. The second-order valence-corrected chi connectivity index (χ2v) is 6.11. The van der Waals surface area contributed by atoms with Crippen molar-refractivity contribution in [2.75, 3.05) is 13.7 Å². The summed E-state index contributed by atoms with van der Waals surface area (Å²) in [5.41, 5.74) is 3.04. The minimum atomic E-state index is 0.474. The number of hydrogen-bond acceptors (Lipinski definition) is 6. The van der Waals surface area contributed by atoms with E-state index in [0.717, 1.165) is 16.8 Å². The molecule has 0 atom stereocenters. The number of hydrogen-bond donors (Lipinski definition) is 0. The van der Waals surface area contributed by atoms with Gasteiger partial charge in [0.05, 0.1) is 25.0 Å². The number of allylic oxidation sites excluding steroid dienone is 1. The van der Waals surface area contributed by atoms with Crippen LogP contribution < -0.4 is 9.47 Å². The summed E-state index contributed by atoms with van der Waals surface area (Å²) in [6.45, 7) is 2.45. The van der Waals surface area contributed by atoms with Crippen LogP contribution in [0.15, 0.2) is 48.1 Å². The second-order valence-electron chi connectivity index (χ2n) is 5.26. The third kappa shape index (κ3) is 3.73. The zero-order valence-electron chi connectivity index (χ0n) is 14.5. The molecule has 0 amide bonds. The van der Waals surface area contributed by atoms with E-state index in [0.29, 0.717) is 28.7 Å². The summed E-state index contributed by atoms with van der Waals surface area (Å²) in [7, 11) is 1.59. The highest BCUT2D eigenvalue weighted by Gasteiger charge is 2.13. The number of thiazole rings is 1. The molecule has 0 N–H and O–H groups in total. The Labute approximate surface area is 156 Å². The van der Waals surface area contributed by atoms with Gasteiger partial charge in [-0.05, 0) is 31.2 Å². The lowest BCUT2D eigenvalue weighted by Gasteiger charge is -2.11. The third-order valence-corrected chi connectivity index (χ3v) is 4.52. The molecule has 0 saturated heterocycles. The van der Waals surface area contributed by atoms with Gasteiger partial charge < -0.3 is 9.47 Å². The van der Waals surface area contributed by atoms with E-state index in [9.17, 15) is 5.26 Å². The van der Waals surface area contributed by atoms with Crippen LogP contribution in [0.25, 0.3) is 22.9 Å². The van der Waals surface area contributed by atoms with Crippen molar-refractivity contribution in [3.63, 3.8) is 0 Å². The summed E-state index contributed by atoms with van der Waals surface area (Å²) in [6, 6.07) is 11.6. The average molecular weight is 363 g/mol. The van der Waals surface area contributed by atoms with E-state index >= 15 is 0 Å². The van der Waals surface area contributed by atoms with Crippen LogP contribution in [0.2, 0.25) is 0 Å². The molecule has 3 aromatic rings. The summed E-state index contributed by atoms with van der Waals surface area (Å²) in [5.74, 6) is 1.26. The first-order valence-corrected chi connectivity index (χ1v) is 8.92. The molecule has 1 aromatic carbocycles.